The van der Waals surface area contributed by atoms with Crippen molar-refractivity contribution in [1.29, 1.82) is 5.26 Å². The summed E-state index contributed by atoms with van der Waals surface area (Å²) in [5.74, 6) is -0.337. The number of nitrogens with zero attached hydrogens (tertiary/aromatic N) is 1. The highest BCUT2D eigenvalue weighted by Crippen LogP contribution is 2.36. The van der Waals surface area contributed by atoms with Gasteiger partial charge in [-0.3, -0.25) is 0 Å². The summed E-state index contributed by atoms with van der Waals surface area (Å²) in [5, 5.41) is 18.1. The second kappa shape index (κ2) is 5.49. The van der Waals surface area contributed by atoms with Crippen LogP contribution >= 0.6 is 0 Å². The highest BCUT2D eigenvalue weighted by molar-refractivity contribution is 5.43. The third-order valence-electron chi connectivity index (χ3n) is 2.39. The molecule has 0 amide bonds. The molecule has 0 aromatic heterocycles. The second-order valence-corrected chi connectivity index (χ2v) is 4.73. The minimum atomic E-state index is -4.59. The summed E-state index contributed by atoms with van der Waals surface area (Å²) in [4.78, 5) is 0. The number of hydrogen-bond acceptors (Lipinski definition) is 3. The van der Waals surface area contributed by atoms with E-state index in [1.54, 1.807) is 19.9 Å². The number of ether oxygens (including phenoxy) is 1. The van der Waals surface area contributed by atoms with Gasteiger partial charge in [0.15, 0.2) is 0 Å². The first-order valence-corrected chi connectivity index (χ1v) is 5.60. The number of halogens is 3. The SMILES string of the molecule is CC(C)(O)CCOc1ccc(C#N)cc1C(F)(F)F. The lowest BCUT2D eigenvalue weighted by molar-refractivity contribution is -0.139. The number of benzene rings is 1. The van der Waals surface area contributed by atoms with E-state index >= 15 is 0 Å². The first kappa shape index (κ1) is 15.3. The molecule has 19 heavy (non-hydrogen) atoms. The lowest BCUT2D eigenvalue weighted by Gasteiger charge is -2.19. The van der Waals surface area contributed by atoms with Crippen LogP contribution in [0.25, 0.3) is 0 Å². The van der Waals surface area contributed by atoms with Crippen LogP contribution < -0.4 is 4.74 Å². The molecule has 0 bridgehead atoms. The quantitative estimate of drug-likeness (QED) is 0.917. The lowest BCUT2D eigenvalue weighted by atomic mass is 10.1. The number of nitriles is 1. The fourth-order valence-corrected chi connectivity index (χ4v) is 1.36. The van der Waals surface area contributed by atoms with Gasteiger partial charge in [0.2, 0.25) is 0 Å². The van der Waals surface area contributed by atoms with Crippen molar-refractivity contribution < 1.29 is 23.0 Å². The molecule has 0 aliphatic rings. The first-order chi connectivity index (χ1) is 8.63. The van der Waals surface area contributed by atoms with Crippen molar-refractivity contribution in [2.45, 2.75) is 32.0 Å². The zero-order valence-electron chi connectivity index (χ0n) is 10.6. The molecule has 0 saturated heterocycles. The molecule has 0 atom stereocenters. The summed E-state index contributed by atoms with van der Waals surface area (Å²) in [6.45, 7) is 3.04. The van der Waals surface area contributed by atoms with Gasteiger partial charge in [-0.05, 0) is 32.0 Å². The van der Waals surface area contributed by atoms with Gasteiger partial charge in [0.05, 0.1) is 29.4 Å². The van der Waals surface area contributed by atoms with Crippen LogP contribution in [0.5, 0.6) is 5.75 Å². The van der Waals surface area contributed by atoms with Crippen LogP contribution in [0.4, 0.5) is 13.2 Å². The molecule has 0 aliphatic carbocycles. The molecular weight excluding hydrogens is 259 g/mol. The molecule has 0 heterocycles. The van der Waals surface area contributed by atoms with Gasteiger partial charge < -0.3 is 9.84 Å². The van der Waals surface area contributed by atoms with E-state index in [0.29, 0.717) is 0 Å². The molecule has 0 saturated carbocycles. The normalized spacial score (nSPS) is 12.1. The van der Waals surface area contributed by atoms with Crippen LogP contribution in [0.1, 0.15) is 31.4 Å². The maximum absolute atomic E-state index is 12.8. The Labute approximate surface area is 109 Å². The standard InChI is InChI=1S/C13H14F3NO2/c1-12(2,18)5-6-19-11-4-3-9(8-17)7-10(11)13(14,15)16/h3-4,7,18H,5-6H2,1-2H3. The molecule has 1 rings (SSSR count). The summed E-state index contributed by atoms with van der Waals surface area (Å²) in [5.41, 5.74) is -2.07. The Kier molecular flexibility index (Phi) is 4.43. The summed E-state index contributed by atoms with van der Waals surface area (Å²) in [6.07, 6.45) is -4.39. The van der Waals surface area contributed by atoms with E-state index in [1.165, 1.54) is 6.07 Å². The van der Waals surface area contributed by atoms with Gasteiger partial charge in [-0.1, -0.05) is 0 Å². The molecule has 1 aromatic rings. The van der Waals surface area contributed by atoms with Crippen LogP contribution in [-0.2, 0) is 6.18 Å². The summed E-state index contributed by atoms with van der Waals surface area (Å²) in [6, 6.07) is 4.78. The van der Waals surface area contributed by atoms with Crippen molar-refractivity contribution in [3.63, 3.8) is 0 Å². The molecular formula is C13H14F3NO2. The van der Waals surface area contributed by atoms with E-state index in [2.05, 4.69) is 0 Å². The molecule has 0 aliphatic heterocycles. The Bertz CT molecular complexity index is 484. The number of alkyl halides is 3. The van der Waals surface area contributed by atoms with Crippen LogP contribution in [-0.4, -0.2) is 17.3 Å². The van der Waals surface area contributed by atoms with E-state index < -0.39 is 17.3 Å². The molecule has 0 radical (unpaired) electrons. The van der Waals surface area contributed by atoms with Gasteiger partial charge in [-0.25, -0.2) is 0 Å². The molecule has 1 N–H and O–H groups in total. The minimum absolute atomic E-state index is 0.0432. The van der Waals surface area contributed by atoms with Gasteiger partial charge in [-0.15, -0.1) is 0 Å². The summed E-state index contributed by atoms with van der Waals surface area (Å²) < 4.78 is 43.4. The Morgan fingerprint density at radius 1 is 1.32 bits per heavy atom. The third-order valence-corrected chi connectivity index (χ3v) is 2.39. The lowest BCUT2D eigenvalue weighted by Crippen LogP contribution is -2.22. The van der Waals surface area contributed by atoms with E-state index in [9.17, 15) is 18.3 Å². The molecule has 1 aromatic carbocycles. The average molecular weight is 273 g/mol. The van der Waals surface area contributed by atoms with E-state index in [0.717, 1.165) is 12.1 Å². The van der Waals surface area contributed by atoms with Crippen LogP contribution in [0.15, 0.2) is 18.2 Å². The molecule has 0 unspecified atom stereocenters. The van der Waals surface area contributed by atoms with Gasteiger partial charge in [0.1, 0.15) is 5.75 Å². The Balaban J connectivity index is 2.92. The maximum atomic E-state index is 12.8. The van der Waals surface area contributed by atoms with Gasteiger partial charge >= 0.3 is 6.18 Å². The number of hydrogen-bond donors (Lipinski definition) is 1. The van der Waals surface area contributed by atoms with Crippen LogP contribution in [0.3, 0.4) is 0 Å². The highest BCUT2D eigenvalue weighted by atomic mass is 19.4. The maximum Gasteiger partial charge on any atom is 0.420 e. The van der Waals surface area contributed by atoms with E-state index in [-0.39, 0.29) is 24.3 Å². The zero-order valence-corrected chi connectivity index (χ0v) is 10.6. The second-order valence-electron chi connectivity index (χ2n) is 4.73. The van der Waals surface area contributed by atoms with Crippen molar-refractivity contribution >= 4 is 0 Å². The van der Waals surface area contributed by atoms with E-state index in [4.69, 9.17) is 10.00 Å². The number of rotatable bonds is 4. The molecule has 0 fully saturated rings. The van der Waals surface area contributed by atoms with E-state index in [1.807, 2.05) is 0 Å². The van der Waals surface area contributed by atoms with Gasteiger partial charge in [0.25, 0.3) is 0 Å². The van der Waals surface area contributed by atoms with Crippen molar-refractivity contribution in [3.05, 3.63) is 29.3 Å². The molecule has 3 nitrogen and oxygen atoms in total. The smallest absolute Gasteiger partial charge is 0.420 e. The monoisotopic (exact) mass is 273 g/mol. The van der Waals surface area contributed by atoms with Crippen LogP contribution in [0, 0.1) is 11.3 Å². The van der Waals surface area contributed by atoms with Crippen LogP contribution in [0.2, 0.25) is 0 Å². The zero-order chi connectivity index (χ0) is 14.7. The average Bonchev–Trinajstić information content (AvgIpc) is 2.26. The predicted molar refractivity (Wildman–Crippen MR) is 62.6 cm³/mol. The predicted octanol–water partition coefficient (Wildman–Crippen LogP) is 3.12. The summed E-state index contributed by atoms with van der Waals surface area (Å²) in [7, 11) is 0. The Morgan fingerprint density at radius 2 is 1.95 bits per heavy atom. The molecule has 0 spiro atoms. The molecule has 6 heteroatoms. The first-order valence-electron chi connectivity index (χ1n) is 5.60. The topological polar surface area (TPSA) is 53.2 Å². The van der Waals surface area contributed by atoms with Crippen molar-refractivity contribution in [3.8, 4) is 11.8 Å². The fraction of sp³-hybridized carbons (Fsp3) is 0.462. The van der Waals surface area contributed by atoms with Crippen molar-refractivity contribution in [1.82, 2.24) is 0 Å². The Hall–Kier alpha value is -1.74. The number of aliphatic hydroxyl groups is 1. The van der Waals surface area contributed by atoms with Crippen molar-refractivity contribution in [2.24, 2.45) is 0 Å². The largest absolute Gasteiger partial charge is 0.493 e. The van der Waals surface area contributed by atoms with Crippen molar-refractivity contribution in [2.75, 3.05) is 6.61 Å². The molecule has 104 valence electrons. The van der Waals surface area contributed by atoms with Gasteiger partial charge in [-0.2, -0.15) is 18.4 Å². The highest BCUT2D eigenvalue weighted by Gasteiger charge is 2.34. The summed E-state index contributed by atoms with van der Waals surface area (Å²) >= 11 is 0. The van der Waals surface area contributed by atoms with Gasteiger partial charge in [0, 0.05) is 6.42 Å². The minimum Gasteiger partial charge on any atom is -0.493 e. The third kappa shape index (κ3) is 4.79. The Morgan fingerprint density at radius 3 is 2.42 bits per heavy atom. The fourth-order valence-electron chi connectivity index (χ4n) is 1.36.